The van der Waals surface area contributed by atoms with Crippen LogP contribution in [-0.2, 0) is 14.3 Å². The normalized spacial score (nSPS) is 11.4. The molecule has 0 radical (unpaired) electrons. The molecule has 1 aromatic carbocycles. The number of anilines is 1. The highest BCUT2D eigenvalue weighted by molar-refractivity contribution is 9.10. The van der Waals surface area contributed by atoms with Crippen molar-refractivity contribution in [1.29, 1.82) is 0 Å². The Bertz CT molecular complexity index is 523. The SMILES string of the molecule is O=C(CCC(=O)OCC(F)(F)C(F)F)Nc1ccc(Br)cc1. The summed E-state index contributed by atoms with van der Waals surface area (Å²) in [6.07, 6.45) is -4.71. The van der Waals surface area contributed by atoms with E-state index in [0.29, 0.717) is 5.69 Å². The van der Waals surface area contributed by atoms with Crippen molar-refractivity contribution >= 4 is 33.5 Å². The van der Waals surface area contributed by atoms with Crippen LogP contribution < -0.4 is 5.32 Å². The second-order valence-corrected chi connectivity index (χ2v) is 5.19. The summed E-state index contributed by atoms with van der Waals surface area (Å²) in [5.41, 5.74) is 0.491. The molecule has 22 heavy (non-hydrogen) atoms. The third-order valence-corrected chi connectivity index (χ3v) is 2.96. The molecule has 0 saturated heterocycles. The Labute approximate surface area is 132 Å². The molecule has 1 amide bonds. The maximum absolute atomic E-state index is 12.5. The number of amides is 1. The van der Waals surface area contributed by atoms with E-state index >= 15 is 0 Å². The topological polar surface area (TPSA) is 55.4 Å². The van der Waals surface area contributed by atoms with Crippen molar-refractivity contribution in [3.8, 4) is 0 Å². The van der Waals surface area contributed by atoms with Gasteiger partial charge in [0.2, 0.25) is 5.91 Å². The van der Waals surface area contributed by atoms with Crippen molar-refractivity contribution < 1.29 is 31.9 Å². The first-order valence-electron chi connectivity index (χ1n) is 6.08. The van der Waals surface area contributed by atoms with Gasteiger partial charge in [-0.3, -0.25) is 9.59 Å². The molecule has 0 aliphatic heterocycles. The molecule has 0 aliphatic rings. The number of rotatable bonds is 7. The molecule has 4 nitrogen and oxygen atoms in total. The van der Waals surface area contributed by atoms with Gasteiger partial charge in [0.25, 0.3) is 0 Å². The fraction of sp³-hybridized carbons (Fsp3) is 0.385. The van der Waals surface area contributed by atoms with Crippen LogP contribution in [0.5, 0.6) is 0 Å². The van der Waals surface area contributed by atoms with Crippen LogP contribution in [0.4, 0.5) is 23.2 Å². The number of nitrogens with one attached hydrogen (secondary N) is 1. The monoisotopic (exact) mass is 385 g/mol. The minimum absolute atomic E-state index is 0.310. The van der Waals surface area contributed by atoms with Gasteiger partial charge in [0.1, 0.15) is 0 Å². The first-order valence-corrected chi connectivity index (χ1v) is 6.87. The highest BCUT2D eigenvalue weighted by Crippen LogP contribution is 2.23. The second-order valence-electron chi connectivity index (χ2n) is 4.28. The maximum atomic E-state index is 12.5. The number of hydrogen-bond donors (Lipinski definition) is 1. The van der Waals surface area contributed by atoms with E-state index in [2.05, 4.69) is 26.0 Å². The molecule has 0 heterocycles. The molecule has 9 heteroatoms. The Morgan fingerprint density at radius 2 is 1.77 bits per heavy atom. The molecular formula is C13H12BrF4NO3. The first kappa shape index (κ1) is 18.4. The van der Waals surface area contributed by atoms with Crippen LogP contribution in [0.2, 0.25) is 0 Å². The Hall–Kier alpha value is -1.64. The van der Waals surface area contributed by atoms with Gasteiger partial charge in [-0.25, -0.2) is 8.78 Å². The fourth-order valence-corrected chi connectivity index (χ4v) is 1.55. The smallest absolute Gasteiger partial charge is 0.340 e. The van der Waals surface area contributed by atoms with Crippen LogP contribution in [0.1, 0.15) is 12.8 Å². The lowest BCUT2D eigenvalue weighted by atomic mass is 10.2. The molecule has 1 aromatic rings. The predicted molar refractivity (Wildman–Crippen MR) is 73.9 cm³/mol. The minimum atomic E-state index is -4.39. The van der Waals surface area contributed by atoms with Gasteiger partial charge in [0.15, 0.2) is 6.61 Å². The van der Waals surface area contributed by atoms with Crippen molar-refractivity contribution in [1.82, 2.24) is 0 Å². The van der Waals surface area contributed by atoms with Crippen molar-refractivity contribution in [2.24, 2.45) is 0 Å². The quantitative estimate of drug-likeness (QED) is 0.576. The van der Waals surface area contributed by atoms with Crippen LogP contribution >= 0.6 is 15.9 Å². The number of ether oxygens (including phenoxy) is 1. The number of hydrogen-bond acceptors (Lipinski definition) is 3. The summed E-state index contributed by atoms with van der Waals surface area (Å²) in [5.74, 6) is -6.07. The summed E-state index contributed by atoms with van der Waals surface area (Å²) in [4.78, 5) is 22.6. The molecular weight excluding hydrogens is 374 g/mol. The molecule has 0 spiro atoms. The predicted octanol–water partition coefficient (Wildman–Crippen LogP) is 3.61. The van der Waals surface area contributed by atoms with E-state index in [1.165, 1.54) is 0 Å². The van der Waals surface area contributed by atoms with Gasteiger partial charge >= 0.3 is 18.3 Å². The van der Waals surface area contributed by atoms with Crippen LogP contribution in [-0.4, -0.2) is 30.8 Å². The number of carbonyl (C=O) groups is 2. The largest absolute Gasteiger partial charge is 0.459 e. The van der Waals surface area contributed by atoms with E-state index in [9.17, 15) is 27.2 Å². The van der Waals surface area contributed by atoms with Gasteiger partial charge in [-0.1, -0.05) is 15.9 Å². The van der Waals surface area contributed by atoms with E-state index in [0.717, 1.165) is 4.47 Å². The van der Waals surface area contributed by atoms with E-state index < -0.39 is 37.3 Å². The molecule has 0 saturated carbocycles. The van der Waals surface area contributed by atoms with Crippen LogP contribution in [0.3, 0.4) is 0 Å². The van der Waals surface area contributed by atoms with Crippen molar-refractivity contribution in [3.05, 3.63) is 28.7 Å². The lowest BCUT2D eigenvalue weighted by Gasteiger charge is -2.14. The third-order valence-electron chi connectivity index (χ3n) is 2.43. The number of carbonyl (C=O) groups excluding carboxylic acids is 2. The van der Waals surface area contributed by atoms with Gasteiger partial charge in [0.05, 0.1) is 6.42 Å². The molecule has 1 N–H and O–H groups in total. The lowest BCUT2D eigenvalue weighted by molar-refractivity contribution is -0.179. The standard InChI is InChI=1S/C13H12BrF4NO3/c14-8-1-3-9(4-2-8)19-10(20)5-6-11(21)22-7-13(17,18)12(15)16/h1-4,12H,5-7H2,(H,19,20). The zero-order valence-electron chi connectivity index (χ0n) is 11.1. The Balaban J connectivity index is 2.32. The van der Waals surface area contributed by atoms with E-state index in [1.807, 2.05) is 0 Å². The average Bonchev–Trinajstić information content (AvgIpc) is 2.45. The Morgan fingerprint density at radius 3 is 2.32 bits per heavy atom. The zero-order valence-corrected chi connectivity index (χ0v) is 12.7. The van der Waals surface area contributed by atoms with Crippen LogP contribution in [0.15, 0.2) is 28.7 Å². The fourth-order valence-electron chi connectivity index (χ4n) is 1.28. The highest BCUT2D eigenvalue weighted by atomic mass is 79.9. The van der Waals surface area contributed by atoms with Gasteiger partial charge in [0, 0.05) is 16.6 Å². The minimum Gasteiger partial charge on any atom is -0.459 e. The maximum Gasteiger partial charge on any atom is 0.340 e. The second kappa shape index (κ2) is 8.11. The van der Waals surface area contributed by atoms with Gasteiger partial charge in [-0.2, -0.15) is 8.78 Å². The average molecular weight is 386 g/mol. The van der Waals surface area contributed by atoms with E-state index in [4.69, 9.17) is 0 Å². The Kier molecular flexibility index (Phi) is 6.79. The van der Waals surface area contributed by atoms with E-state index in [1.54, 1.807) is 24.3 Å². The van der Waals surface area contributed by atoms with Crippen molar-refractivity contribution in [2.45, 2.75) is 25.2 Å². The molecule has 1 rings (SSSR count). The third kappa shape index (κ3) is 6.42. The summed E-state index contributed by atoms with van der Waals surface area (Å²) in [6.45, 7) is -1.71. The summed E-state index contributed by atoms with van der Waals surface area (Å²) in [6, 6.07) is 6.61. The Morgan fingerprint density at radius 1 is 1.18 bits per heavy atom. The summed E-state index contributed by atoms with van der Waals surface area (Å²) < 4.78 is 53.6. The number of alkyl halides is 4. The zero-order chi connectivity index (χ0) is 16.8. The number of esters is 1. The van der Waals surface area contributed by atoms with Crippen LogP contribution in [0, 0.1) is 0 Å². The molecule has 0 aliphatic carbocycles. The molecule has 0 unspecified atom stereocenters. The summed E-state index contributed by atoms with van der Waals surface area (Å²) in [7, 11) is 0. The van der Waals surface area contributed by atoms with Gasteiger partial charge < -0.3 is 10.1 Å². The lowest BCUT2D eigenvalue weighted by Crippen LogP contribution is -2.33. The summed E-state index contributed by atoms with van der Waals surface area (Å²) in [5, 5.41) is 2.48. The molecule has 0 bridgehead atoms. The van der Waals surface area contributed by atoms with Gasteiger partial charge in [-0.15, -0.1) is 0 Å². The number of halogens is 5. The molecule has 0 atom stereocenters. The first-order chi connectivity index (χ1) is 10.2. The molecule has 0 fully saturated rings. The van der Waals surface area contributed by atoms with E-state index in [-0.39, 0.29) is 6.42 Å². The van der Waals surface area contributed by atoms with Gasteiger partial charge in [-0.05, 0) is 24.3 Å². The molecule has 0 aromatic heterocycles. The highest BCUT2D eigenvalue weighted by Gasteiger charge is 2.42. The summed E-state index contributed by atoms with van der Waals surface area (Å²) >= 11 is 3.22. The number of benzene rings is 1. The van der Waals surface area contributed by atoms with Crippen molar-refractivity contribution in [3.63, 3.8) is 0 Å². The molecule has 122 valence electrons. The van der Waals surface area contributed by atoms with Crippen molar-refractivity contribution in [2.75, 3.05) is 11.9 Å². The van der Waals surface area contributed by atoms with Crippen LogP contribution in [0.25, 0.3) is 0 Å².